The highest BCUT2D eigenvalue weighted by Gasteiger charge is 2.26. The van der Waals surface area contributed by atoms with Crippen LogP contribution in [-0.4, -0.2) is 39.0 Å². The number of thiophene rings is 1. The summed E-state index contributed by atoms with van der Waals surface area (Å²) in [6, 6.07) is 110. The Labute approximate surface area is 553 Å². The quantitative estimate of drug-likeness (QED) is 0.149. The molecule has 0 atom stereocenters. The lowest BCUT2D eigenvalue weighted by Gasteiger charge is -2.12. The van der Waals surface area contributed by atoms with Gasteiger partial charge in [-0.25, -0.2) is 29.9 Å². The molecule has 0 aliphatic rings. The third-order valence-electron chi connectivity index (χ3n) is 18.4. The van der Waals surface area contributed by atoms with Gasteiger partial charge in [0.15, 0.2) is 40.5 Å². The van der Waals surface area contributed by atoms with Crippen LogP contribution in [0.4, 0.5) is 0 Å². The van der Waals surface area contributed by atoms with Gasteiger partial charge in [-0.1, -0.05) is 267 Å². The van der Waals surface area contributed by atoms with Gasteiger partial charge in [-0.3, -0.25) is 0 Å². The molecular formula is C86H52N8OS. The average molecular weight is 1250 g/mol. The summed E-state index contributed by atoms with van der Waals surface area (Å²) in [7, 11) is 0. The van der Waals surface area contributed by atoms with Crippen LogP contribution in [0.1, 0.15) is 0 Å². The first kappa shape index (κ1) is 54.9. The van der Waals surface area contributed by atoms with Crippen molar-refractivity contribution in [3.05, 3.63) is 315 Å². The number of furan rings is 1. The summed E-state index contributed by atoms with van der Waals surface area (Å²) in [5.41, 5.74) is 14.0. The van der Waals surface area contributed by atoms with Crippen LogP contribution in [-0.2, 0) is 0 Å². The molecule has 96 heavy (non-hydrogen) atoms. The van der Waals surface area contributed by atoms with E-state index in [9.17, 15) is 0 Å². The van der Waals surface area contributed by atoms with Gasteiger partial charge in [0.25, 0.3) is 0 Å². The van der Waals surface area contributed by atoms with Crippen molar-refractivity contribution in [2.24, 2.45) is 0 Å². The van der Waals surface area contributed by atoms with Crippen molar-refractivity contribution in [1.29, 1.82) is 0 Å². The monoisotopic (exact) mass is 1240 g/mol. The van der Waals surface area contributed by atoms with Gasteiger partial charge in [0, 0.05) is 92.5 Å². The van der Waals surface area contributed by atoms with Crippen LogP contribution in [0.2, 0.25) is 0 Å². The molecule has 0 saturated heterocycles. The molecule has 0 N–H and O–H groups in total. The highest BCUT2D eigenvalue weighted by atomic mass is 32.1. The Hall–Kier alpha value is -12.8. The molecule has 20 aromatic rings. The van der Waals surface area contributed by atoms with Crippen molar-refractivity contribution in [2.75, 3.05) is 0 Å². The second kappa shape index (κ2) is 22.5. The van der Waals surface area contributed by atoms with Crippen molar-refractivity contribution in [2.45, 2.75) is 0 Å². The fourth-order valence-electron chi connectivity index (χ4n) is 14.2. The topological polar surface area (TPSA) is 100 Å². The van der Waals surface area contributed by atoms with Crippen LogP contribution in [0.15, 0.2) is 320 Å². The van der Waals surface area contributed by atoms with Gasteiger partial charge >= 0.3 is 0 Å². The zero-order valence-electron chi connectivity index (χ0n) is 51.4. The van der Waals surface area contributed by atoms with E-state index in [0.717, 1.165) is 77.7 Å². The summed E-state index contributed by atoms with van der Waals surface area (Å²) < 4.78 is 14.1. The molecule has 0 fully saturated rings. The zero-order valence-corrected chi connectivity index (χ0v) is 52.2. The first-order chi connectivity index (χ1) is 47.6. The summed E-state index contributed by atoms with van der Waals surface area (Å²) in [5.74, 6) is 3.84. The Kier molecular flexibility index (Phi) is 12.9. The number of fused-ring (bicyclic) bond motifs is 20. The Bertz CT molecular complexity index is 5950. The van der Waals surface area contributed by atoms with E-state index in [0.29, 0.717) is 34.9 Å². The molecule has 0 saturated carbocycles. The van der Waals surface area contributed by atoms with Crippen LogP contribution >= 0.6 is 11.3 Å². The molecule has 6 aromatic heterocycles. The SMILES string of the molecule is c1ccc(-c2nc(-c3ccccc3)nc(-c3cccc(-n4c5ccccc5c5c6ccccc6c6c7ccccc7oc6c54)c3)n2)cc1.c1ccc(-c2nc(-c3ccccc3)nc(-c3cccc(-n4c5ccccc5c5c6ccccc6c6c7ccccc7sc6c54)c3)n2)cc1. The van der Waals surface area contributed by atoms with E-state index in [1.807, 2.05) is 139 Å². The van der Waals surface area contributed by atoms with E-state index in [1.54, 1.807) is 0 Å². The van der Waals surface area contributed by atoms with Crippen molar-refractivity contribution in [3.8, 4) is 79.7 Å². The molecule has 6 heterocycles. The van der Waals surface area contributed by atoms with Gasteiger partial charge in [-0.15, -0.1) is 11.3 Å². The Balaban J connectivity index is 0.000000135. The normalized spacial score (nSPS) is 11.8. The van der Waals surface area contributed by atoms with Gasteiger partial charge < -0.3 is 13.6 Å². The maximum atomic E-state index is 6.76. The lowest BCUT2D eigenvalue weighted by Crippen LogP contribution is -2.01. The van der Waals surface area contributed by atoms with Crippen LogP contribution in [0.3, 0.4) is 0 Å². The first-order valence-corrected chi connectivity index (χ1v) is 32.9. The second-order valence-corrected chi connectivity index (χ2v) is 25.1. The number of hydrogen-bond donors (Lipinski definition) is 0. The first-order valence-electron chi connectivity index (χ1n) is 32.1. The molecule has 0 aliphatic heterocycles. The summed E-state index contributed by atoms with van der Waals surface area (Å²) in [6.07, 6.45) is 0. The fourth-order valence-corrected chi connectivity index (χ4v) is 15.5. The molecule has 0 aliphatic carbocycles. The van der Waals surface area contributed by atoms with Crippen molar-refractivity contribution in [1.82, 2.24) is 39.0 Å². The van der Waals surface area contributed by atoms with Crippen LogP contribution in [0, 0.1) is 0 Å². The molecule has 448 valence electrons. The molecule has 0 unspecified atom stereocenters. The largest absolute Gasteiger partial charge is 0.454 e. The van der Waals surface area contributed by atoms with E-state index in [-0.39, 0.29) is 0 Å². The van der Waals surface area contributed by atoms with Gasteiger partial charge in [0.2, 0.25) is 0 Å². The molecule has 20 rings (SSSR count). The Morgan fingerprint density at radius 1 is 0.250 bits per heavy atom. The highest BCUT2D eigenvalue weighted by molar-refractivity contribution is 7.27. The average Bonchev–Trinajstić information content (AvgIpc) is 1.54. The third-order valence-corrected chi connectivity index (χ3v) is 19.6. The molecule has 0 radical (unpaired) electrons. The lowest BCUT2D eigenvalue weighted by atomic mass is 9.99. The van der Waals surface area contributed by atoms with Gasteiger partial charge in [-0.05, 0) is 70.1 Å². The maximum absolute atomic E-state index is 6.76. The van der Waals surface area contributed by atoms with Crippen molar-refractivity contribution >= 4 is 119 Å². The number of hydrogen-bond acceptors (Lipinski definition) is 8. The van der Waals surface area contributed by atoms with Gasteiger partial charge in [0.1, 0.15) is 5.58 Å². The molecule has 0 amide bonds. The summed E-state index contributed by atoms with van der Waals surface area (Å²) in [5, 5.41) is 14.7. The number of nitrogens with zero attached hydrogens (tertiary/aromatic N) is 8. The van der Waals surface area contributed by atoms with E-state index in [2.05, 4.69) is 197 Å². The molecule has 14 aromatic carbocycles. The Morgan fingerprint density at radius 3 is 1.05 bits per heavy atom. The second-order valence-electron chi connectivity index (χ2n) is 24.0. The smallest absolute Gasteiger partial charge is 0.164 e. The van der Waals surface area contributed by atoms with Crippen LogP contribution in [0.5, 0.6) is 0 Å². The standard InChI is InChI=1S/C43H26N4O.C43H26N4S/c2*1-3-14-27(15-4-1)41-44-42(28-16-5-2-6-17-28)46-43(45-41)29-18-13-19-30(26-29)47-35-24-11-9-22-33(35)37-31-20-7-8-21-32(31)38-34-23-10-12-25-36(34)48-40(38)39(37)47/h2*1-26H. The number of rotatable bonds is 8. The molecular weight excluding hydrogens is 1190 g/mol. The summed E-state index contributed by atoms with van der Waals surface area (Å²) >= 11 is 1.88. The van der Waals surface area contributed by atoms with E-state index in [1.165, 1.54) is 74.3 Å². The minimum atomic E-state index is 0.615. The minimum Gasteiger partial charge on any atom is -0.454 e. The van der Waals surface area contributed by atoms with E-state index >= 15 is 0 Å². The van der Waals surface area contributed by atoms with E-state index < -0.39 is 0 Å². The zero-order chi connectivity index (χ0) is 63.2. The number of para-hydroxylation sites is 3. The molecule has 9 nitrogen and oxygen atoms in total. The lowest BCUT2D eigenvalue weighted by molar-refractivity contribution is 0.671. The highest BCUT2D eigenvalue weighted by Crippen LogP contribution is 2.49. The van der Waals surface area contributed by atoms with Crippen LogP contribution in [0.25, 0.3) is 187 Å². The molecule has 0 bridgehead atoms. The van der Waals surface area contributed by atoms with Crippen molar-refractivity contribution in [3.63, 3.8) is 0 Å². The van der Waals surface area contributed by atoms with Gasteiger partial charge in [-0.2, -0.15) is 0 Å². The third kappa shape index (κ3) is 8.99. The maximum Gasteiger partial charge on any atom is 0.164 e. The predicted octanol–water partition coefficient (Wildman–Crippen LogP) is 22.5. The molecule has 10 heteroatoms. The molecule has 0 spiro atoms. The van der Waals surface area contributed by atoms with E-state index in [4.69, 9.17) is 34.3 Å². The van der Waals surface area contributed by atoms with Gasteiger partial charge in [0.05, 0.1) is 26.8 Å². The van der Waals surface area contributed by atoms with Crippen LogP contribution < -0.4 is 0 Å². The predicted molar refractivity (Wildman–Crippen MR) is 396 cm³/mol. The minimum absolute atomic E-state index is 0.615. The summed E-state index contributed by atoms with van der Waals surface area (Å²) in [4.78, 5) is 29.9. The summed E-state index contributed by atoms with van der Waals surface area (Å²) in [6.45, 7) is 0. The van der Waals surface area contributed by atoms with Crippen molar-refractivity contribution < 1.29 is 4.42 Å². The fraction of sp³-hybridized carbons (Fsp3) is 0. The number of benzene rings is 14. The number of aromatic nitrogens is 8. The Morgan fingerprint density at radius 2 is 0.583 bits per heavy atom.